The summed E-state index contributed by atoms with van der Waals surface area (Å²) in [6.07, 6.45) is 4.41. The topological polar surface area (TPSA) is 53.0 Å². The van der Waals surface area contributed by atoms with Crippen LogP contribution in [0.25, 0.3) is 0 Å². The van der Waals surface area contributed by atoms with Crippen LogP contribution in [0, 0.1) is 11.3 Å². The minimum Gasteiger partial charge on any atom is -0.368 e. The van der Waals surface area contributed by atoms with E-state index in [4.69, 9.17) is 5.73 Å². The molecular weight excluding hydrogens is 302 g/mol. The van der Waals surface area contributed by atoms with Crippen molar-refractivity contribution in [3.8, 4) is 6.07 Å². The van der Waals surface area contributed by atoms with Gasteiger partial charge in [0, 0.05) is 23.1 Å². The lowest BCUT2D eigenvalue weighted by atomic mass is 9.90. The predicted molar refractivity (Wildman–Crippen MR) is 82.1 cm³/mol. The number of benzene rings is 1. The Labute approximate surface area is 123 Å². The molecule has 2 N–H and O–H groups in total. The predicted octanol–water partition coefficient (Wildman–Crippen LogP) is 3.42. The molecular formula is C15H20BrN3. The van der Waals surface area contributed by atoms with Crippen LogP contribution in [0.2, 0.25) is 0 Å². The summed E-state index contributed by atoms with van der Waals surface area (Å²) < 4.78 is 0.953. The van der Waals surface area contributed by atoms with E-state index >= 15 is 0 Å². The average Bonchev–Trinajstić information content (AvgIpc) is 2.43. The molecule has 1 aromatic carbocycles. The average molecular weight is 322 g/mol. The van der Waals surface area contributed by atoms with Crippen LogP contribution in [-0.4, -0.2) is 18.6 Å². The first-order chi connectivity index (χ1) is 9.15. The summed E-state index contributed by atoms with van der Waals surface area (Å²) in [6, 6.07) is 9.12. The number of hydrogen-bond acceptors (Lipinski definition) is 3. The number of nitrogens with two attached hydrogens (primary N) is 1. The van der Waals surface area contributed by atoms with Crippen molar-refractivity contribution in [3.63, 3.8) is 0 Å². The molecule has 0 aliphatic heterocycles. The second-order valence-electron chi connectivity index (χ2n) is 5.13. The van der Waals surface area contributed by atoms with Gasteiger partial charge in [0.15, 0.2) is 0 Å². The molecule has 1 aliphatic carbocycles. The molecule has 0 radical (unpaired) electrons. The molecule has 1 fully saturated rings. The molecule has 1 saturated carbocycles. The van der Waals surface area contributed by atoms with Gasteiger partial charge in [-0.2, -0.15) is 5.26 Å². The van der Waals surface area contributed by atoms with Crippen LogP contribution in [0.5, 0.6) is 0 Å². The van der Waals surface area contributed by atoms with Gasteiger partial charge in [-0.25, -0.2) is 0 Å². The highest BCUT2D eigenvalue weighted by molar-refractivity contribution is 9.10. The minimum atomic E-state index is 0.357. The Morgan fingerprint density at radius 3 is 2.63 bits per heavy atom. The van der Waals surface area contributed by atoms with Gasteiger partial charge in [-0.05, 0) is 50.8 Å². The molecule has 0 saturated heterocycles. The Kier molecular flexibility index (Phi) is 4.84. The Bertz CT molecular complexity index is 473. The zero-order valence-corrected chi connectivity index (χ0v) is 12.9. The van der Waals surface area contributed by atoms with Gasteiger partial charge in [0.25, 0.3) is 0 Å². The van der Waals surface area contributed by atoms with E-state index in [1.165, 1.54) is 0 Å². The van der Waals surface area contributed by atoms with Crippen LogP contribution in [0.4, 0.5) is 5.69 Å². The Morgan fingerprint density at radius 2 is 2.05 bits per heavy atom. The summed E-state index contributed by atoms with van der Waals surface area (Å²) in [5.74, 6) is 0. The SMILES string of the molecule is CCN(c1ccc(Br)cc1C#N)C1CCC(N)CC1. The molecule has 0 heterocycles. The first-order valence-electron chi connectivity index (χ1n) is 6.87. The summed E-state index contributed by atoms with van der Waals surface area (Å²) in [5.41, 5.74) is 7.77. The van der Waals surface area contributed by atoms with Crippen molar-refractivity contribution in [2.75, 3.05) is 11.4 Å². The van der Waals surface area contributed by atoms with E-state index in [1.54, 1.807) is 0 Å². The van der Waals surface area contributed by atoms with E-state index in [-0.39, 0.29) is 0 Å². The second-order valence-corrected chi connectivity index (χ2v) is 6.04. The van der Waals surface area contributed by atoms with Crippen LogP contribution in [0.15, 0.2) is 22.7 Å². The Morgan fingerprint density at radius 1 is 1.37 bits per heavy atom. The van der Waals surface area contributed by atoms with E-state index in [0.717, 1.165) is 48.0 Å². The zero-order valence-electron chi connectivity index (χ0n) is 11.3. The van der Waals surface area contributed by atoms with E-state index in [1.807, 2.05) is 18.2 Å². The molecule has 0 amide bonds. The van der Waals surface area contributed by atoms with Crippen LogP contribution in [-0.2, 0) is 0 Å². The third-order valence-corrected chi connectivity index (χ3v) is 4.40. The lowest BCUT2D eigenvalue weighted by Gasteiger charge is -2.37. The largest absolute Gasteiger partial charge is 0.368 e. The van der Waals surface area contributed by atoms with Gasteiger partial charge in [0.05, 0.1) is 11.3 Å². The number of halogens is 1. The van der Waals surface area contributed by atoms with Crippen LogP contribution >= 0.6 is 15.9 Å². The molecule has 102 valence electrons. The fourth-order valence-corrected chi connectivity index (χ4v) is 3.25. The van der Waals surface area contributed by atoms with E-state index in [2.05, 4.69) is 33.8 Å². The lowest BCUT2D eigenvalue weighted by Crippen LogP contribution is -2.41. The third-order valence-electron chi connectivity index (χ3n) is 3.91. The number of nitrogens with zero attached hydrogens (tertiary/aromatic N) is 2. The van der Waals surface area contributed by atoms with Crippen molar-refractivity contribution < 1.29 is 0 Å². The first kappa shape index (κ1) is 14.4. The van der Waals surface area contributed by atoms with Crippen molar-refractivity contribution >= 4 is 21.6 Å². The highest BCUT2D eigenvalue weighted by Crippen LogP contribution is 2.30. The number of hydrogen-bond donors (Lipinski definition) is 1. The van der Waals surface area contributed by atoms with Crippen molar-refractivity contribution in [2.45, 2.75) is 44.7 Å². The maximum atomic E-state index is 9.31. The molecule has 1 aliphatic rings. The number of anilines is 1. The maximum absolute atomic E-state index is 9.31. The minimum absolute atomic E-state index is 0.357. The quantitative estimate of drug-likeness (QED) is 0.928. The normalized spacial score (nSPS) is 22.8. The highest BCUT2D eigenvalue weighted by Gasteiger charge is 2.24. The fourth-order valence-electron chi connectivity index (χ4n) is 2.89. The molecule has 0 atom stereocenters. The summed E-state index contributed by atoms with van der Waals surface area (Å²) >= 11 is 3.43. The molecule has 19 heavy (non-hydrogen) atoms. The van der Waals surface area contributed by atoms with E-state index < -0.39 is 0 Å². The highest BCUT2D eigenvalue weighted by atomic mass is 79.9. The smallest absolute Gasteiger partial charge is 0.101 e. The fraction of sp³-hybridized carbons (Fsp3) is 0.533. The van der Waals surface area contributed by atoms with Gasteiger partial charge < -0.3 is 10.6 Å². The maximum Gasteiger partial charge on any atom is 0.101 e. The van der Waals surface area contributed by atoms with Crippen molar-refractivity contribution in [2.24, 2.45) is 5.73 Å². The standard InChI is InChI=1S/C15H20BrN3/c1-2-19(14-6-4-13(18)5-7-14)15-8-3-12(16)9-11(15)10-17/h3,8-9,13-14H,2,4-7,18H2,1H3. The van der Waals surface area contributed by atoms with Crippen LogP contribution < -0.4 is 10.6 Å². The molecule has 0 spiro atoms. The molecule has 2 rings (SSSR count). The molecule has 0 bridgehead atoms. The van der Waals surface area contributed by atoms with E-state index in [9.17, 15) is 5.26 Å². The zero-order chi connectivity index (χ0) is 13.8. The van der Waals surface area contributed by atoms with Gasteiger partial charge in [-0.15, -0.1) is 0 Å². The third kappa shape index (κ3) is 3.29. The van der Waals surface area contributed by atoms with Crippen molar-refractivity contribution in [1.82, 2.24) is 0 Å². The number of rotatable bonds is 3. The van der Waals surface area contributed by atoms with Gasteiger partial charge in [0.2, 0.25) is 0 Å². The molecule has 0 aromatic heterocycles. The Hall–Kier alpha value is -1.05. The van der Waals surface area contributed by atoms with Crippen LogP contribution in [0.1, 0.15) is 38.2 Å². The monoisotopic (exact) mass is 321 g/mol. The van der Waals surface area contributed by atoms with Gasteiger partial charge >= 0.3 is 0 Å². The molecule has 1 aromatic rings. The van der Waals surface area contributed by atoms with Crippen molar-refractivity contribution in [1.29, 1.82) is 5.26 Å². The van der Waals surface area contributed by atoms with Gasteiger partial charge in [0.1, 0.15) is 6.07 Å². The second kappa shape index (κ2) is 6.40. The van der Waals surface area contributed by atoms with E-state index in [0.29, 0.717) is 12.1 Å². The molecule has 3 nitrogen and oxygen atoms in total. The summed E-state index contributed by atoms with van der Waals surface area (Å²) in [4.78, 5) is 2.36. The first-order valence-corrected chi connectivity index (χ1v) is 7.67. The summed E-state index contributed by atoms with van der Waals surface area (Å²) in [5, 5.41) is 9.31. The summed E-state index contributed by atoms with van der Waals surface area (Å²) in [6.45, 7) is 3.08. The molecule has 0 unspecified atom stereocenters. The van der Waals surface area contributed by atoms with Gasteiger partial charge in [-0.3, -0.25) is 0 Å². The van der Waals surface area contributed by atoms with Crippen molar-refractivity contribution in [3.05, 3.63) is 28.2 Å². The van der Waals surface area contributed by atoms with Gasteiger partial charge in [-0.1, -0.05) is 15.9 Å². The summed E-state index contributed by atoms with van der Waals surface area (Å²) in [7, 11) is 0. The van der Waals surface area contributed by atoms with Crippen LogP contribution in [0.3, 0.4) is 0 Å². The number of nitriles is 1. The lowest BCUT2D eigenvalue weighted by molar-refractivity contribution is 0.378. The molecule has 4 heteroatoms. The Balaban J connectivity index is 2.25.